The van der Waals surface area contributed by atoms with Gasteiger partial charge in [0.2, 0.25) is 0 Å². The summed E-state index contributed by atoms with van der Waals surface area (Å²) in [6.45, 7) is 6.08. The fourth-order valence-corrected chi connectivity index (χ4v) is 3.35. The van der Waals surface area contributed by atoms with Crippen molar-refractivity contribution in [3.63, 3.8) is 0 Å². The summed E-state index contributed by atoms with van der Waals surface area (Å²) in [6, 6.07) is 6.56. The molecule has 0 unspecified atom stereocenters. The molecule has 0 bridgehead atoms. The van der Waals surface area contributed by atoms with Gasteiger partial charge in [0.1, 0.15) is 5.75 Å². The van der Waals surface area contributed by atoms with E-state index in [0.29, 0.717) is 6.04 Å². The third-order valence-corrected chi connectivity index (χ3v) is 4.50. The predicted octanol–water partition coefficient (Wildman–Crippen LogP) is 3.44. The fourth-order valence-electron chi connectivity index (χ4n) is 3.35. The summed E-state index contributed by atoms with van der Waals surface area (Å²) in [5.41, 5.74) is 4.50. The quantitative estimate of drug-likeness (QED) is 0.866. The summed E-state index contributed by atoms with van der Waals surface area (Å²) in [5.74, 6) is 0.957. The van der Waals surface area contributed by atoms with Crippen LogP contribution in [0.5, 0.6) is 5.75 Å². The van der Waals surface area contributed by atoms with Gasteiger partial charge in [-0.15, -0.1) is 0 Å². The second-order valence-corrected chi connectivity index (χ2v) is 5.93. The van der Waals surface area contributed by atoms with Crippen molar-refractivity contribution in [2.75, 3.05) is 13.7 Å². The van der Waals surface area contributed by atoms with E-state index in [1.54, 1.807) is 7.11 Å². The van der Waals surface area contributed by atoms with Crippen LogP contribution in [0.3, 0.4) is 0 Å². The van der Waals surface area contributed by atoms with Gasteiger partial charge in [0.05, 0.1) is 24.5 Å². The molecule has 3 heterocycles. The highest BCUT2D eigenvalue weighted by molar-refractivity contribution is 5.41. The van der Waals surface area contributed by atoms with Gasteiger partial charge in [-0.25, -0.2) is 0 Å². The lowest BCUT2D eigenvalue weighted by Gasteiger charge is -2.24. The van der Waals surface area contributed by atoms with E-state index in [4.69, 9.17) is 4.74 Å². The highest BCUT2D eigenvalue weighted by atomic mass is 16.5. The van der Waals surface area contributed by atoms with E-state index >= 15 is 0 Å². The largest absolute Gasteiger partial charge is 0.496 e. The summed E-state index contributed by atoms with van der Waals surface area (Å²) in [4.78, 5) is 11.7. The lowest BCUT2D eigenvalue weighted by atomic mass is 10.1. The summed E-state index contributed by atoms with van der Waals surface area (Å²) < 4.78 is 5.52. The summed E-state index contributed by atoms with van der Waals surface area (Å²) in [7, 11) is 1.73. The van der Waals surface area contributed by atoms with Crippen molar-refractivity contribution >= 4 is 0 Å². The van der Waals surface area contributed by atoms with E-state index in [-0.39, 0.29) is 0 Å². The Morgan fingerprint density at radius 3 is 2.86 bits per heavy atom. The zero-order valence-electron chi connectivity index (χ0n) is 13.5. The maximum atomic E-state index is 5.52. The molecular weight excluding hydrogens is 274 g/mol. The molecule has 0 aliphatic carbocycles. The summed E-state index contributed by atoms with van der Waals surface area (Å²) in [5, 5.41) is 0. The number of likely N-dealkylation sites (tertiary alicyclic amines) is 1. The van der Waals surface area contributed by atoms with E-state index in [9.17, 15) is 0 Å². The maximum absolute atomic E-state index is 5.52. The molecule has 22 heavy (non-hydrogen) atoms. The molecule has 2 aromatic rings. The average molecular weight is 297 g/mol. The van der Waals surface area contributed by atoms with Gasteiger partial charge >= 0.3 is 0 Å². The second kappa shape index (κ2) is 6.44. The molecule has 1 fully saturated rings. The van der Waals surface area contributed by atoms with E-state index in [1.807, 2.05) is 25.4 Å². The van der Waals surface area contributed by atoms with Crippen molar-refractivity contribution in [2.45, 2.75) is 39.3 Å². The highest BCUT2D eigenvalue weighted by Crippen LogP contribution is 2.33. The van der Waals surface area contributed by atoms with E-state index in [0.717, 1.165) is 41.4 Å². The van der Waals surface area contributed by atoms with Gasteiger partial charge in [0, 0.05) is 30.1 Å². The standard InChI is InChI=1S/C18H23N3O/c1-13-11-20-16(14(2)18(13)22-3)12-21-10-6-8-17(21)15-7-4-5-9-19-15/h4-5,7,9,11,17H,6,8,10,12H2,1-3H3/t17-/m1/s1. The third-order valence-electron chi connectivity index (χ3n) is 4.50. The molecule has 0 N–H and O–H groups in total. The molecule has 1 aliphatic rings. The Morgan fingerprint density at radius 2 is 2.14 bits per heavy atom. The molecule has 1 atom stereocenters. The molecule has 4 heteroatoms. The number of ether oxygens (including phenoxy) is 1. The topological polar surface area (TPSA) is 38.2 Å². The minimum Gasteiger partial charge on any atom is -0.496 e. The van der Waals surface area contributed by atoms with E-state index < -0.39 is 0 Å². The zero-order valence-corrected chi connectivity index (χ0v) is 13.5. The normalized spacial score (nSPS) is 18.6. The molecule has 0 saturated carbocycles. The van der Waals surface area contributed by atoms with Crippen LogP contribution in [0.15, 0.2) is 30.6 Å². The van der Waals surface area contributed by atoms with E-state index in [1.165, 1.54) is 12.8 Å². The van der Waals surface area contributed by atoms with Gasteiger partial charge in [-0.3, -0.25) is 14.9 Å². The minimum atomic E-state index is 0.398. The van der Waals surface area contributed by atoms with E-state index in [2.05, 4.69) is 33.9 Å². The summed E-state index contributed by atoms with van der Waals surface area (Å²) in [6.07, 6.45) is 6.17. The number of rotatable bonds is 4. The Morgan fingerprint density at radius 1 is 1.27 bits per heavy atom. The molecule has 0 amide bonds. The summed E-state index contributed by atoms with van der Waals surface area (Å²) >= 11 is 0. The van der Waals surface area contributed by atoms with Crippen LogP contribution in [0.4, 0.5) is 0 Å². The van der Waals surface area contributed by atoms with Crippen molar-refractivity contribution in [2.24, 2.45) is 0 Å². The van der Waals surface area contributed by atoms with Gasteiger partial charge in [-0.05, 0) is 45.4 Å². The molecule has 1 aliphatic heterocycles. The van der Waals surface area contributed by atoms with Crippen molar-refractivity contribution in [1.82, 2.24) is 14.9 Å². The van der Waals surface area contributed by atoms with Crippen LogP contribution < -0.4 is 4.74 Å². The van der Waals surface area contributed by atoms with Crippen LogP contribution in [-0.4, -0.2) is 28.5 Å². The first kappa shape index (κ1) is 15.0. The predicted molar refractivity (Wildman–Crippen MR) is 86.9 cm³/mol. The number of aryl methyl sites for hydroxylation is 1. The molecular formula is C18H23N3O. The molecule has 3 rings (SSSR count). The van der Waals surface area contributed by atoms with Crippen LogP contribution in [0.25, 0.3) is 0 Å². The SMILES string of the molecule is COc1c(C)cnc(CN2CCC[C@@H]2c2ccccn2)c1C. The van der Waals surface area contributed by atoms with Crippen LogP contribution in [0.1, 0.15) is 41.4 Å². The second-order valence-electron chi connectivity index (χ2n) is 5.93. The number of methoxy groups -OCH3 is 1. The lowest BCUT2D eigenvalue weighted by Crippen LogP contribution is -2.24. The Kier molecular flexibility index (Phi) is 4.39. The molecule has 0 aromatic carbocycles. The van der Waals surface area contributed by atoms with Crippen LogP contribution >= 0.6 is 0 Å². The Hall–Kier alpha value is -1.94. The van der Waals surface area contributed by atoms with Crippen molar-refractivity contribution in [3.05, 3.63) is 53.1 Å². The monoisotopic (exact) mass is 297 g/mol. The van der Waals surface area contributed by atoms with Crippen LogP contribution in [0, 0.1) is 13.8 Å². The minimum absolute atomic E-state index is 0.398. The fraction of sp³-hybridized carbons (Fsp3) is 0.444. The Labute approximate surface area is 132 Å². The first-order valence-electron chi connectivity index (χ1n) is 7.84. The van der Waals surface area contributed by atoms with Gasteiger partial charge in [0.25, 0.3) is 0 Å². The lowest BCUT2D eigenvalue weighted by molar-refractivity contribution is 0.240. The van der Waals surface area contributed by atoms with Gasteiger partial charge in [-0.2, -0.15) is 0 Å². The Balaban J connectivity index is 1.84. The smallest absolute Gasteiger partial charge is 0.128 e. The zero-order chi connectivity index (χ0) is 15.5. The molecule has 0 spiro atoms. The molecule has 0 radical (unpaired) electrons. The van der Waals surface area contributed by atoms with Gasteiger partial charge < -0.3 is 4.74 Å². The third kappa shape index (κ3) is 2.83. The van der Waals surface area contributed by atoms with Crippen molar-refractivity contribution in [3.8, 4) is 5.75 Å². The van der Waals surface area contributed by atoms with Crippen molar-refractivity contribution < 1.29 is 4.74 Å². The molecule has 116 valence electrons. The van der Waals surface area contributed by atoms with Gasteiger partial charge in [-0.1, -0.05) is 6.07 Å². The van der Waals surface area contributed by atoms with Gasteiger partial charge in [0.15, 0.2) is 0 Å². The first-order valence-corrected chi connectivity index (χ1v) is 7.84. The Bertz CT molecular complexity index is 642. The average Bonchev–Trinajstić information content (AvgIpc) is 3.00. The molecule has 2 aromatic heterocycles. The first-order chi connectivity index (χ1) is 10.7. The van der Waals surface area contributed by atoms with Crippen molar-refractivity contribution in [1.29, 1.82) is 0 Å². The number of nitrogens with zero attached hydrogens (tertiary/aromatic N) is 3. The van der Waals surface area contributed by atoms with Crippen LogP contribution in [-0.2, 0) is 6.54 Å². The van der Waals surface area contributed by atoms with Crippen LogP contribution in [0.2, 0.25) is 0 Å². The number of pyridine rings is 2. The number of hydrogen-bond donors (Lipinski definition) is 0. The number of aromatic nitrogens is 2. The maximum Gasteiger partial charge on any atom is 0.128 e. The molecule has 1 saturated heterocycles. The molecule has 4 nitrogen and oxygen atoms in total. The number of hydrogen-bond acceptors (Lipinski definition) is 4. The highest BCUT2D eigenvalue weighted by Gasteiger charge is 2.27.